The van der Waals surface area contributed by atoms with Gasteiger partial charge < -0.3 is 11.1 Å². The van der Waals surface area contributed by atoms with Crippen molar-refractivity contribution in [3.8, 4) is 11.1 Å². The lowest BCUT2D eigenvalue weighted by Gasteiger charge is -2.14. The van der Waals surface area contributed by atoms with Gasteiger partial charge in [-0.3, -0.25) is 9.78 Å². The van der Waals surface area contributed by atoms with Gasteiger partial charge in [0.05, 0.1) is 6.04 Å². The van der Waals surface area contributed by atoms with Gasteiger partial charge in [-0.2, -0.15) is 0 Å². The Kier molecular flexibility index (Phi) is 4.85. The van der Waals surface area contributed by atoms with Gasteiger partial charge in [0.2, 0.25) is 5.91 Å². The number of rotatable bonds is 5. The molecule has 1 heterocycles. The summed E-state index contributed by atoms with van der Waals surface area (Å²) in [6, 6.07) is 12.1. The minimum absolute atomic E-state index is 0.0134. The lowest BCUT2D eigenvalue weighted by Crippen LogP contribution is -2.28. The van der Waals surface area contributed by atoms with Crippen LogP contribution in [0.25, 0.3) is 11.1 Å². The lowest BCUT2D eigenvalue weighted by molar-refractivity contribution is -0.121. The Morgan fingerprint density at radius 2 is 1.75 bits per heavy atom. The Hall–Kier alpha value is -2.20. The second-order valence-electron chi connectivity index (χ2n) is 4.69. The topological polar surface area (TPSA) is 68.0 Å². The molecule has 1 amide bonds. The number of aromatic nitrogens is 1. The molecule has 0 radical (unpaired) electrons. The van der Waals surface area contributed by atoms with Crippen LogP contribution < -0.4 is 11.1 Å². The Morgan fingerprint density at radius 1 is 1.15 bits per heavy atom. The summed E-state index contributed by atoms with van der Waals surface area (Å²) >= 11 is 0. The highest BCUT2D eigenvalue weighted by Gasteiger charge is 2.08. The Labute approximate surface area is 119 Å². The molecule has 1 unspecified atom stereocenters. The molecule has 3 N–H and O–H groups in total. The van der Waals surface area contributed by atoms with Gasteiger partial charge >= 0.3 is 0 Å². The number of benzene rings is 1. The van der Waals surface area contributed by atoms with Crippen LogP contribution in [-0.2, 0) is 4.79 Å². The zero-order valence-electron chi connectivity index (χ0n) is 11.5. The number of nitrogens with one attached hydrogen (secondary N) is 1. The van der Waals surface area contributed by atoms with Crippen LogP contribution in [0.5, 0.6) is 0 Å². The molecular formula is C16H19N3O. The van der Waals surface area contributed by atoms with Crippen molar-refractivity contribution in [2.45, 2.75) is 19.4 Å². The van der Waals surface area contributed by atoms with E-state index in [4.69, 9.17) is 5.73 Å². The SMILES string of the molecule is CC(NC(=O)CCN)c1ccc(-c2ccncc2)cc1. The summed E-state index contributed by atoms with van der Waals surface area (Å²) in [5, 5.41) is 2.93. The first-order valence-electron chi connectivity index (χ1n) is 6.70. The van der Waals surface area contributed by atoms with Gasteiger partial charge in [0.1, 0.15) is 0 Å². The summed E-state index contributed by atoms with van der Waals surface area (Å²) in [5.74, 6) is -0.0155. The largest absolute Gasteiger partial charge is 0.350 e. The van der Waals surface area contributed by atoms with Gasteiger partial charge in [0.25, 0.3) is 0 Å². The average Bonchev–Trinajstić information content (AvgIpc) is 2.48. The molecule has 0 spiro atoms. The fourth-order valence-electron chi connectivity index (χ4n) is 2.04. The molecule has 104 valence electrons. The molecule has 0 fully saturated rings. The maximum absolute atomic E-state index is 11.5. The standard InChI is InChI=1S/C16H19N3O/c1-12(19-16(20)6-9-17)13-2-4-14(5-3-13)15-7-10-18-11-8-15/h2-5,7-8,10-12H,6,9,17H2,1H3,(H,19,20). The minimum atomic E-state index is -0.0155. The van der Waals surface area contributed by atoms with E-state index in [1.807, 2.05) is 31.2 Å². The van der Waals surface area contributed by atoms with Crippen LogP contribution in [0.1, 0.15) is 24.9 Å². The molecule has 0 aliphatic carbocycles. The van der Waals surface area contributed by atoms with E-state index in [0.717, 1.165) is 16.7 Å². The Balaban J connectivity index is 2.06. The molecular weight excluding hydrogens is 250 g/mol. The Morgan fingerprint density at radius 3 is 2.35 bits per heavy atom. The second-order valence-corrected chi connectivity index (χ2v) is 4.69. The molecule has 4 nitrogen and oxygen atoms in total. The average molecular weight is 269 g/mol. The van der Waals surface area contributed by atoms with E-state index in [-0.39, 0.29) is 11.9 Å². The monoisotopic (exact) mass is 269 g/mol. The molecule has 0 aliphatic heterocycles. The quantitative estimate of drug-likeness (QED) is 0.875. The number of amides is 1. The minimum Gasteiger partial charge on any atom is -0.350 e. The highest BCUT2D eigenvalue weighted by Crippen LogP contribution is 2.21. The summed E-state index contributed by atoms with van der Waals surface area (Å²) < 4.78 is 0. The molecule has 0 saturated heterocycles. The Bertz CT molecular complexity index is 552. The van der Waals surface area contributed by atoms with Crippen molar-refractivity contribution in [2.24, 2.45) is 5.73 Å². The summed E-state index contributed by atoms with van der Waals surface area (Å²) in [4.78, 5) is 15.5. The van der Waals surface area contributed by atoms with Crippen LogP contribution >= 0.6 is 0 Å². The first-order valence-corrected chi connectivity index (χ1v) is 6.70. The van der Waals surface area contributed by atoms with Crippen LogP contribution in [0, 0.1) is 0 Å². The van der Waals surface area contributed by atoms with E-state index >= 15 is 0 Å². The van der Waals surface area contributed by atoms with Crippen molar-refractivity contribution in [2.75, 3.05) is 6.54 Å². The van der Waals surface area contributed by atoms with Crippen LogP contribution in [0.15, 0.2) is 48.8 Å². The van der Waals surface area contributed by atoms with Gasteiger partial charge in [0.15, 0.2) is 0 Å². The van der Waals surface area contributed by atoms with E-state index in [9.17, 15) is 4.79 Å². The van der Waals surface area contributed by atoms with Gasteiger partial charge in [-0.15, -0.1) is 0 Å². The van der Waals surface area contributed by atoms with E-state index in [1.165, 1.54) is 0 Å². The van der Waals surface area contributed by atoms with Crippen LogP contribution in [0.4, 0.5) is 0 Å². The van der Waals surface area contributed by atoms with E-state index in [0.29, 0.717) is 13.0 Å². The number of hydrogen-bond donors (Lipinski definition) is 2. The zero-order chi connectivity index (χ0) is 14.4. The van der Waals surface area contributed by atoms with Crippen LogP contribution in [0.2, 0.25) is 0 Å². The molecule has 1 aromatic carbocycles. The first kappa shape index (κ1) is 14.2. The molecule has 0 bridgehead atoms. The van der Waals surface area contributed by atoms with Crippen molar-refractivity contribution >= 4 is 5.91 Å². The predicted molar refractivity (Wildman–Crippen MR) is 79.9 cm³/mol. The summed E-state index contributed by atoms with van der Waals surface area (Å²) in [7, 11) is 0. The number of carbonyl (C=O) groups excluding carboxylic acids is 1. The maximum Gasteiger partial charge on any atom is 0.221 e. The highest BCUT2D eigenvalue weighted by atomic mass is 16.1. The van der Waals surface area contributed by atoms with E-state index in [1.54, 1.807) is 12.4 Å². The number of nitrogens with zero attached hydrogens (tertiary/aromatic N) is 1. The number of nitrogens with two attached hydrogens (primary N) is 1. The normalized spacial score (nSPS) is 11.9. The fourth-order valence-corrected chi connectivity index (χ4v) is 2.04. The molecule has 0 aliphatic rings. The smallest absolute Gasteiger partial charge is 0.221 e. The van der Waals surface area contributed by atoms with Crippen LogP contribution in [0.3, 0.4) is 0 Å². The highest BCUT2D eigenvalue weighted by molar-refractivity contribution is 5.76. The third-order valence-electron chi connectivity index (χ3n) is 3.17. The molecule has 0 saturated carbocycles. The third-order valence-corrected chi connectivity index (χ3v) is 3.17. The van der Waals surface area contributed by atoms with Gasteiger partial charge in [-0.25, -0.2) is 0 Å². The summed E-state index contributed by atoms with van der Waals surface area (Å²) in [5.41, 5.74) is 8.71. The lowest BCUT2D eigenvalue weighted by atomic mass is 10.0. The van der Waals surface area contributed by atoms with Crippen molar-refractivity contribution < 1.29 is 4.79 Å². The number of pyridine rings is 1. The number of hydrogen-bond acceptors (Lipinski definition) is 3. The van der Waals surface area contributed by atoms with Crippen molar-refractivity contribution in [1.29, 1.82) is 0 Å². The molecule has 20 heavy (non-hydrogen) atoms. The molecule has 2 aromatic rings. The van der Waals surface area contributed by atoms with Gasteiger partial charge in [0, 0.05) is 25.4 Å². The first-order chi connectivity index (χ1) is 9.70. The summed E-state index contributed by atoms with van der Waals surface area (Å²) in [6.07, 6.45) is 3.91. The molecule has 1 atom stereocenters. The van der Waals surface area contributed by atoms with Crippen molar-refractivity contribution in [1.82, 2.24) is 10.3 Å². The van der Waals surface area contributed by atoms with Crippen LogP contribution in [-0.4, -0.2) is 17.4 Å². The third kappa shape index (κ3) is 3.65. The van der Waals surface area contributed by atoms with Gasteiger partial charge in [-0.05, 0) is 35.7 Å². The fraction of sp³-hybridized carbons (Fsp3) is 0.250. The second kappa shape index (κ2) is 6.82. The molecule has 4 heteroatoms. The van der Waals surface area contributed by atoms with Crippen molar-refractivity contribution in [3.63, 3.8) is 0 Å². The van der Waals surface area contributed by atoms with Gasteiger partial charge in [-0.1, -0.05) is 24.3 Å². The summed E-state index contributed by atoms with van der Waals surface area (Å²) in [6.45, 7) is 2.34. The zero-order valence-corrected chi connectivity index (χ0v) is 11.5. The number of carbonyl (C=O) groups is 1. The van der Waals surface area contributed by atoms with Crippen molar-refractivity contribution in [3.05, 3.63) is 54.4 Å². The maximum atomic E-state index is 11.5. The predicted octanol–water partition coefficient (Wildman–Crippen LogP) is 2.27. The molecule has 1 aromatic heterocycles. The molecule has 2 rings (SSSR count). The van der Waals surface area contributed by atoms with E-state index in [2.05, 4.69) is 22.4 Å². The van der Waals surface area contributed by atoms with E-state index < -0.39 is 0 Å².